The van der Waals surface area contributed by atoms with Gasteiger partial charge in [-0.2, -0.15) is 0 Å². The standard InChI is InChI=1S/C11H7Cl2NO/c12-9-3-1-7(5-10(9)13)11-4-2-8(6-15)14-11/h1-6,14H. The Hall–Kier alpha value is -1.25. The molecule has 0 aliphatic heterocycles. The van der Waals surface area contributed by atoms with Gasteiger partial charge in [-0.25, -0.2) is 0 Å². The first-order valence-corrected chi connectivity index (χ1v) is 5.06. The van der Waals surface area contributed by atoms with E-state index in [-0.39, 0.29) is 0 Å². The highest BCUT2D eigenvalue weighted by molar-refractivity contribution is 6.42. The van der Waals surface area contributed by atoms with E-state index in [1.807, 2.05) is 12.1 Å². The van der Waals surface area contributed by atoms with Crippen LogP contribution in [0.2, 0.25) is 10.0 Å². The van der Waals surface area contributed by atoms with E-state index in [2.05, 4.69) is 4.98 Å². The second-order valence-corrected chi connectivity index (χ2v) is 3.89. The lowest BCUT2D eigenvalue weighted by Gasteiger charge is -2.00. The van der Waals surface area contributed by atoms with Crippen molar-refractivity contribution in [1.29, 1.82) is 0 Å². The van der Waals surface area contributed by atoms with E-state index in [0.717, 1.165) is 17.5 Å². The molecule has 2 aromatic rings. The number of nitrogens with one attached hydrogen (secondary N) is 1. The second-order valence-electron chi connectivity index (χ2n) is 3.07. The van der Waals surface area contributed by atoms with Gasteiger partial charge in [0.1, 0.15) is 0 Å². The molecule has 1 aromatic carbocycles. The molecule has 1 N–H and O–H groups in total. The van der Waals surface area contributed by atoms with Gasteiger partial charge in [0.05, 0.1) is 15.7 Å². The molecule has 2 nitrogen and oxygen atoms in total. The van der Waals surface area contributed by atoms with Crippen molar-refractivity contribution in [2.75, 3.05) is 0 Å². The third kappa shape index (κ3) is 2.06. The molecule has 0 radical (unpaired) electrons. The van der Waals surface area contributed by atoms with Crippen LogP contribution in [0, 0.1) is 0 Å². The molecule has 0 aliphatic rings. The third-order valence-corrected chi connectivity index (χ3v) is 2.81. The maximum atomic E-state index is 10.5. The van der Waals surface area contributed by atoms with Crippen molar-refractivity contribution < 1.29 is 4.79 Å². The summed E-state index contributed by atoms with van der Waals surface area (Å²) in [5, 5.41) is 1.01. The molecule has 1 heterocycles. The summed E-state index contributed by atoms with van der Waals surface area (Å²) in [5.74, 6) is 0. The lowest BCUT2D eigenvalue weighted by molar-refractivity contribution is 0.111. The highest BCUT2D eigenvalue weighted by atomic mass is 35.5. The average Bonchev–Trinajstić information content (AvgIpc) is 2.70. The first kappa shape index (κ1) is 10.3. The molecule has 1 aromatic heterocycles. The molecule has 2 rings (SSSR count). The number of benzene rings is 1. The Kier molecular flexibility index (Phi) is 2.80. The van der Waals surface area contributed by atoms with Crippen LogP contribution in [-0.2, 0) is 0 Å². The summed E-state index contributed by atoms with van der Waals surface area (Å²) in [6.45, 7) is 0. The zero-order valence-corrected chi connectivity index (χ0v) is 9.14. The molecule has 0 atom stereocenters. The zero-order valence-electron chi connectivity index (χ0n) is 7.63. The Bertz CT molecular complexity index is 505. The number of hydrogen-bond donors (Lipinski definition) is 1. The Morgan fingerprint density at radius 1 is 1.07 bits per heavy atom. The molecular weight excluding hydrogens is 233 g/mol. The van der Waals surface area contributed by atoms with Crippen molar-refractivity contribution in [3.05, 3.63) is 46.1 Å². The summed E-state index contributed by atoms with van der Waals surface area (Å²) >= 11 is 11.7. The predicted octanol–water partition coefficient (Wildman–Crippen LogP) is 3.80. The van der Waals surface area contributed by atoms with E-state index >= 15 is 0 Å². The average molecular weight is 240 g/mol. The van der Waals surface area contributed by atoms with Gasteiger partial charge in [0.2, 0.25) is 0 Å². The largest absolute Gasteiger partial charge is 0.352 e. The molecule has 0 saturated carbocycles. The van der Waals surface area contributed by atoms with Gasteiger partial charge < -0.3 is 4.98 Å². The molecule has 15 heavy (non-hydrogen) atoms. The Balaban J connectivity index is 2.44. The SMILES string of the molecule is O=Cc1ccc(-c2ccc(Cl)c(Cl)c2)[nH]1. The monoisotopic (exact) mass is 239 g/mol. The molecule has 0 saturated heterocycles. The molecule has 0 unspecified atom stereocenters. The maximum Gasteiger partial charge on any atom is 0.166 e. The van der Waals surface area contributed by atoms with Crippen LogP contribution in [0.25, 0.3) is 11.3 Å². The van der Waals surface area contributed by atoms with Gasteiger partial charge in [0.15, 0.2) is 6.29 Å². The van der Waals surface area contributed by atoms with Gasteiger partial charge >= 0.3 is 0 Å². The van der Waals surface area contributed by atoms with Crippen molar-refractivity contribution in [1.82, 2.24) is 4.98 Å². The number of aromatic amines is 1. The fraction of sp³-hybridized carbons (Fsp3) is 0. The minimum Gasteiger partial charge on any atom is -0.352 e. The van der Waals surface area contributed by atoms with Crippen LogP contribution in [-0.4, -0.2) is 11.3 Å². The maximum absolute atomic E-state index is 10.5. The molecule has 0 spiro atoms. The summed E-state index contributed by atoms with van der Waals surface area (Å²) in [5.41, 5.74) is 2.28. The van der Waals surface area contributed by atoms with E-state index in [4.69, 9.17) is 23.2 Å². The first-order chi connectivity index (χ1) is 7.20. The van der Waals surface area contributed by atoms with Gasteiger partial charge in [-0.05, 0) is 29.8 Å². The fourth-order valence-corrected chi connectivity index (χ4v) is 1.61. The van der Waals surface area contributed by atoms with Crippen LogP contribution in [0.3, 0.4) is 0 Å². The highest BCUT2D eigenvalue weighted by Crippen LogP contribution is 2.27. The minimum absolute atomic E-state index is 0.497. The first-order valence-electron chi connectivity index (χ1n) is 4.30. The number of carbonyl (C=O) groups is 1. The fourth-order valence-electron chi connectivity index (χ4n) is 1.31. The molecule has 0 bridgehead atoms. The van der Waals surface area contributed by atoms with Crippen LogP contribution in [0.1, 0.15) is 10.5 Å². The summed E-state index contributed by atoms with van der Waals surface area (Å²) in [6.07, 6.45) is 0.765. The molecule has 0 amide bonds. The van der Waals surface area contributed by atoms with Crippen LogP contribution in [0.4, 0.5) is 0 Å². The normalized spacial score (nSPS) is 10.3. The number of rotatable bonds is 2. The number of halogens is 2. The minimum atomic E-state index is 0.497. The van der Waals surface area contributed by atoms with E-state index in [1.54, 1.807) is 18.2 Å². The summed E-state index contributed by atoms with van der Waals surface area (Å²) in [7, 11) is 0. The molecule has 76 valence electrons. The van der Waals surface area contributed by atoms with Crippen molar-refractivity contribution in [2.24, 2.45) is 0 Å². The van der Waals surface area contributed by atoms with Gasteiger partial charge in [-0.1, -0.05) is 29.3 Å². The Labute approximate surface area is 96.8 Å². The number of carbonyl (C=O) groups excluding carboxylic acids is 1. The van der Waals surface area contributed by atoms with Crippen molar-refractivity contribution >= 4 is 29.5 Å². The van der Waals surface area contributed by atoms with Crippen molar-refractivity contribution in [3.8, 4) is 11.3 Å². The Morgan fingerprint density at radius 3 is 2.47 bits per heavy atom. The van der Waals surface area contributed by atoms with Crippen LogP contribution >= 0.6 is 23.2 Å². The smallest absolute Gasteiger partial charge is 0.166 e. The van der Waals surface area contributed by atoms with Crippen LogP contribution in [0.5, 0.6) is 0 Å². The quantitative estimate of drug-likeness (QED) is 0.795. The predicted molar refractivity (Wildman–Crippen MR) is 61.6 cm³/mol. The summed E-state index contributed by atoms with van der Waals surface area (Å²) < 4.78 is 0. The van der Waals surface area contributed by atoms with Gasteiger partial charge in [0, 0.05) is 5.69 Å². The second kappa shape index (κ2) is 4.09. The molecule has 0 aliphatic carbocycles. The summed E-state index contributed by atoms with van der Waals surface area (Å²) in [4.78, 5) is 13.4. The van der Waals surface area contributed by atoms with Crippen LogP contribution < -0.4 is 0 Å². The van der Waals surface area contributed by atoms with E-state index < -0.39 is 0 Å². The number of hydrogen-bond acceptors (Lipinski definition) is 1. The lowest BCUT2D eigenvalue weighted by Crippen LogP contribution is -1.81. The van der Waals surface area contributed by atoms with E-state index in [9.17, 15) is 4.79 Å². The highest BCUT2D eigenvalue weighted by Gasteiger charge is 2.03. The van der Waals surface area contributed by atoms with Gasteiger partial charge in [-0.3, -0.25) is 4.79 Å². The number of H-pyrrole nitrogens is 1. The Morgan fingerprint density at radius 2 is 1.87 bits per heavy atom. The lowest BCUT2D eigenvalue weighted by atomic mass is 10.2. The van der Waals surface area contributed by atoms with E-state index in [0.29, 0.717) is 15.7 Å². The van der Waals surface area contributed by atoms with Gasteiger partial charge in [0.25, 0.3) is 0 Å². The third-order valence-electron chi connectivity index (χ3n) is 2.07. The summed E-state index contributed by atoms with van der Waals surface area (Å²) in [6, 6.07) is 8.85. The van der Waals surface area contributed by atoms with Crippen molar-refractivity contribution in [3.63, 3.8) is 0 Å². The van der Waals surface area contributed by atoms with Crippen LogP contribution in [0.15, 0.2) is 30.3 Å². The van der Waals surface area contributed by atoms with Gasteiger partial charge in [-0.15, -0.1) is 0 Å². The molecule has 4 heteroatoms. The zero-order chi connectivity index (χ0) is 10.8. The molecule has 0 fully saturated rings. The number of aromatic nitrogens is 1. The van der Waals surface area contributed by atoms with Crippen molar-refractivity contribution in [2.45, 2.75) is 0 Å². The number of aldehydes is 1. The topological polar surface area (TPSA) is 32.9 Å². The van der Waals surface area contributed by atoms with E-state index in [1.165, 1.54) is 0 Å². The molecular formula is C11H7Cl2NO.